The SMILES string of the molecule is CCCC[C@H]1CC[C@H](c2ccc(C#C/C=C/[C@H]3CC[C@H](c4ccc(OCCC)cc4)CC3)cc2)CC1. The molecule has 0 radical (unpaired) electrons. The van der Waals surface area contributed by atoms with Crippen LogP contribution in [0.15, 0.2) is 60.7 Å². The minimum atomic E-state index is 0.664. The lowest BCUT2D eigenvalue weighted by Gasteiger charge is -2.28. The lowest BCUT2D eigenvalue weighted by atomic mass is 9.77. The fourth-order valence-electron chi connectivity index (χ4n) is 6.13. The van der Waals surface area contributed by atoms with E-state index in [9.17, 15) is 0 Å². The highest BCUT2D eigenvalue weighted by Crippen LogP contribution is 2.38. The van der Waals surface area contributed by atoms with Crippen LogP contribution in [0.25, 0.3) is 0 Å². The minimum absolute atomic E-state index is 0.664. The van der Waals surface area contributed by atoms with Crippen molar-refractivity contribution < 1.29 is 4.74 Å². The van der Waals surface area contributed by atoms with E-state index in [2.05, 4.69) is 86.4 Å². The molecule has 0 spiro atoms. The Morgan fingerprint density at radius 3 is 1.97 bits per heavy atom. The van der Waals surface area contributed by atoms with Crippen molar-refractivity contribution >= 4 is 0 Å². The third kappa shape index (κ3) is 8.03. The van der Waals surface area contributed by atoms with Gasteiger partial charge in [-0.25, -0.2) is 0 Å². The van der Waals surface area contributed by atoms with E-state index in [4.69, 9.17) is 4.74 Å². The number of rotatable bonds is 9. The van der Waals surface area contributed by atoms with Crippen molar-refractivity contribution in [1.29, 1.82) is 0 Å². The molecule has 2 aliphatic rings. The third-order valence-corrected chi connectivity index (χ3v) is 8.46. The van der Waals surface area contributed by atoms with Gasteiger partial charge >= 0.3 is 0 Å². The van der Waals surface area contributed by atoms with Gasteiger partial charge in [0, 0.05) is 5.56 Å². The van der Waals surface area contributed by atoms with Gasteiger partial charge in [-0.15, -0.1) is 0 Å². The number of allylic oxidation sites excluding steroid dienone is 2. The molecule has 0 saturated heterocycles. The number of hydrogen-bond acceptors (Lipinski definition) is 1. The lowest BCUT2D eigenvalue weighted by Crippen LogP contribution is -2.13. The van der Waals surface area contributed by atoms with E-state index in [1.807, 2.05) is 0 Å². The van der Waals surface area contributed by atoms with E-state index in [0.717, 1.165) is 36.2 Å². The van der Waals surface area contributed by atoms with E-state index in [-0.39, 0.29) is 0 Å². The number of unbranched alkanes of at least 4 members (excludes halogenated alkanes) is 1. The minimum Gasteiger partial charge on any atom is -0.494 e. The van der Waals surface area contributed by atoms with Gasteiger partial charge in [-0.1, -0.05) is 75.3 Å². The second-order valence-corrected chi connectivity index (χ2v) is 11.1. The molecule has 0 N–H and O–H groups in total. The normalized spacial score (nSPS) is 24.3. The molecule has 2 fully saturated rings. The van der Waals surface area contributed by atoms with Crippen LogP contribution in [0.3, 0.4) is 0 Å². The highest BCUT2D eigenvalue weighted by Gasteiger charge is 2.22. The fourth-order valence-corrected chi connectivity index (χ4v) is 6.13. The summed E-state index contributed by atoms with van der Waals surface area (Å²) in [6.45, 7) is 5.25. The quantitative estimate of drug-likeness (QED) is 0.323. The van der Waals surface area contributed by atoms with Gasteiger partial charge in [-0.05, 0) is 123 Å². The average Bonchev–Trinajstić information content (AvgIpc) is 2.94. The molecule has 0 aliphatic heterocycles. The zero-order valence-electron chi connectivity index (χ0n) is 22.7. The summed E-state index contributed by atoms with van der Waals surface area (Å²) in [5.74, 6) is 10.7. The molecule has 0 amide bonds. The summed E-state index contributed by atoms with van der Waals surface area (Å²) in [4.78, 5) is 0. The molecule has 0 bridgehead atoms. The molecule has 2 aromatic carbocycles. The van der Waals surface area contributed by atoms with Crippen LogP contribution in [0.5, 0.6) is 5.75 Å². The second-order valence-electron chi connectivity index (χ2n) is 11.1. The predicted molar refractivity (Wildman–Crippen MR) is 154 cm³/mol. The van der Waals surface area contributed by atoms with Gasteiger partial charge in [-0.2, -0.15) is 0 Å². The van der Waals surface area contributed by atoms with Crippen molar-refractivity contribution in [3.05, 3.63) is 77.4 Å². The fraction of sp³-hybridized carbons (Fsp3) is 0.543. The molecule has 0 aromatic heterocycles. The van der Waals surface area contributed by atoms with Gasteiger partial charge in [0.1, 0.15) is 5.75 Å². The first-order valence-corrected chi connectivity index (χ1v) is 14.8. The molecule has 0 heterocycles. The van der Waals surface area contributed by atoms with Gasteiger partial charge < -0.3 is 4.74 Å². The summed E-state index contributed by atoms with van der Waals surface area (Å²) in [6, 6.07) is 17.9. The summed E-state index contributed by atoms with van der Waals surface area (Å²) in [5.41, 5.74) is 4.12. The van der Waals surface area contributed by atoms with Crippen molar-refractivity contribution in [2.45, 2.75) is 103 Å². The van der Waals surface area contributed by atoms with Crippen molar-refractivity contribution in [2.24, 2.45) is 11.8 Å². The Morgan fingerprint density at radius 1 is 0.750 bits per heavy atom. The van der Waals surface area contributed by atoms with Gasteiger partial charge in [0.05, 0.1) is 6.61 Å². The van der Waals surface area contributed by atoms with Crippen LogP contribution in [-0.4, -0.2) is 6.61 Å². The van der Waals surface area contributed by atoms with E-state index < -0.39 is 0 Å². The van der Waals surface area contributed by atoms with Crippen molar-refractivity contribution in [1.82, 2.24) is 0 Å². The van der Waals surface area contributed by atoms with Crippen LogP contribution in [0, 0.1) is 23.7 Å². The van der Waals surface area contributed by atoms with Crippen LogP contribution < -0.4 is 4.74 Å². The van der Waals surface area contributed by atoms with Crippen LogP contribution in [0.1, 0.15) is 119 Å². The Labute approximate surface area is 220 Å². The molecular formula is C35H46O. The summed E-state index contributed by atoms with van der Waals surface area (Å²) in [7, 11) is 0. The summed E-state index contributed by atoms with van der Waals surface area (Å²) in [6.07, 6.45) is 20.3. The van der Waals surface area contributed by atoms with Gasteiger partial charge in [0.25, 0.3) is 0 Å². The first kappa shape index (κ1) is 26.6. The molecule has 192 valence electrons. The van der Waals surface area contributed by atoms with Gasteiger partial charge in [-0.3, -0.25) is 0 Å². The predicted octanol–water partition coefficient (Wildman–Crippen LogP) is 9.82. The zero-order valence-corrected chi connectivity index (χ0v) is 22.7. The first-order valence-electron chi connectivity index (χ1n) is 14.8. The number of benzene rings is 2. The third-order valence-electron chi connectivity index (χ3n) is 8.46. The molecule has 1 heteroatoms. The van der Waals surface area contributed by atoms with E-state index in [0.29, 0.717) is 11.8 Å². The smallest absolute Gasteiger partial charge is 0.119 e. The summed E-state index contributed by atoms with van der Waals surface area (Å²) in [5, 5.41) is 0. The number of hydrogen-bond donors (Lipinski definition) is 0. The Balaban J connectivity index is 1.19. The monoisotopic (exact) mass is 482 g/mol. The zero-order chi connectivity index (χ0) is 25.0. The Kier molecular flexibility index (Phi) is 10.6. The molecule has 36 heavy (non-hydrogen) atoms. The Bertz CT molecular complexity index is 972. The van der Waals surface area contributed by atoms with E-state index >= 15 is 0 Å². The Hall–Kier alpha value is -2.46. The summed E-state index contributed by atoms with van der Waals surface area (Å²) < 4.78 is 5.73. The average molecular weight is 483 g/mol. The molecule has 2 aromatic rings. The van der Waals surface area contributed by atoms with Gasteiger partial charge in [0.2, 0.25) is 0 Å². The van der Waals surface area contributed by atoms with E-state index in [1.54, 1.807) is 0 Å². The molecule has 0 atom stereocenters. The molecular weight excluding hydrogens is 436 g/mol. The van der Waals surface area contributed by atoms with E-state index in [1.165, 1.54) is 81.8 Å². The maximum atomic E-state index is 5.73. The maximum absolute atomic E-state index is 5.73. The highest BCUT2D eigenvalue weighted by atomic mass is 16.5. The van der Waals surface area contributed by atoms with Crippen LogP contribution in [-0.2, 0) is 0 Å². The van der Waals surface area contributed by atoms with Crippen LogP contribution in [0.2, 0.25) is 0 Å². The largest absolute Gasteiger partial charge is 0.494 e. The number of ether oxygens (including phenoxy) is 1. The molecule has 0 unspecified atom stereocenters. The topological polar surface area (TPSA) is 9.23 Å². The molecule has 2 saturated carbocycles. The van der Waals surface area contributed by atoms with Crippen molar-refractivity contribution in [3.63, 3.8) is 0 Å². The first-order chi connectivity index (χ1) is 17.7. The van der Waals surface area contributed by atoms with Crippen molar-refractivity contribution in [3.8, 4) is 17.6 Å². The lowest BCUT2D eigenvalue weighted by molar-refractivity contribution is 0.304. The molecule has 1 nitrogen and oxygen atoms in total. The van der Waals surface area contributed by atoms with Gasteiger partial charge in [0.15, 0.2) is 0 Å². The second kappa shape index (κ2) is 14.3. The molecule has 4 rings (SSSR count). The molecule has 2 aliphatic carbocycles. The van der Waals surface area contributed by atoms with Crippen molar-refractivity contribution in [2.75, 3.05) is 6.61 Å². The van der Waals surface area contributed by atoms with Crippen LogP contribution >= 0.6 is 0 Å². The highest BCUT2D eigenvalue weighted by molar-refractivity contribution is 5.39. The van der Waals surface area contributed by atoms with Crippen LogP contribution in [0.4, 0.5) is 0 Å². The standard InChI is InChI=1S/C35H46O/c1-3-5-8-28-11-17-31(18-12-28)32-19-13-29(14-20-32)9-6-7-10-30-15-21-33(22-16-30)34-23-25-35(26-24-34)36-27-4-2/h7,10,13-14,19-20,23-26,28,30-31,33H,3-5,8,11-12,15-18,21-22,27H2,1-2H3/b10-7+/t28-,30-,31-,33-. The maximum Gasteiger partial charge on any atom is 0.119 e. The Morgan fingerprint density at radius 2 is 1.36 bits per heavy atom. The summed E-state index contributed by atoms with van der Waals surface area (Å²) >= 11 is 0.